The Hall–Kier alpha value is -3.38. The average molecular weight is 432 g/mol. The highest BCUT2D eigenvalue weighted by Crippen LogP contribution is 2.33. The van der Waals surface area contributed by atoms with Crippen molar-refractivity contribution in [3.8, 4) is 0 Å². The van der Waals surface area contributed by atoms with Gasteiger partial charge in [-0.25, -0.2) is 9.38 Å². The first-order chi connectivity index (χ1) is 15.1. The van der Waals surface area contributed by atoms with Crippen LogP contribution in [0, 0.1) is 5.82 Å². The number of amides is 1. The highest BCUT2D eigenvalue weighted by atomic mass is 32.2. The molecule has 1 atom stereocenters. The summed E-state index contributed by atoms with van der Waals surface area (Å²) in [5.41, 5.74) is 3.87. The zero-order valence-electron chi connectivity index (χ0n) is 17.0. The standard InChI is InChI=1S/C25H22FN3OS/c1-17-22(24(30)28-21-13-6-3-7-14-21)23(19-10-4-2-5-11-19)29-25(27-17)31-16-18-9-8-12-20(26)15-18/h2-15,23H,16H2,1H3,(H,27,29)(H,28,30)/t23-/m0/s1. The van der Waals surface area contributed by atoms with Gasteiger partial charge in [-0.15, -0.1) is 0 Å². The number of aliphatic imine (C=N–C) groups is 1. The molecule has 2 N–H and O–H groups in total. The zero-order chi connectivity index (χ0) is 21.6. The Labute approximate surface area is 185 Å². The molecule has 156 valence electrons. The smallest absolute Gasteiger partial charge is 0.255 e. The number of nitrogens with one attached hydrogen (secondary N) is 2. The molecule has 4 rings (SSSR count). The van der Waals surface area contributed by atoms with E-state index in [2.05, 4.69) is 10.6 Å². The van der Waals surface area contributed by atoms with Gasteiger partial charge in [0.1, 0.15) is 11.9 Å². The molecule has 1 aliphatic heterocycles. The Balaban J connectivity index is 1.59. The fourth-order valence-corrected chi connectivity index (χ4v) is 4.28. The van der Waals surface area contributed by atoms with E-state index in [4.69, 9.17) is 4.99 Å². The van der Waals surface area contributed by atoms with Gasteiger partial charge in [-0.3, -0.25) is 4.79 Å². The fourth-order valence-electron chi connectivity index (χ4n) is 3.39. The number of nitrogens with zero attached hydrogens (tertiary/aromatic N) is 1. The third kappa shape index (κ3) is 5.22. The molecule has 1 amide bonds. The molecule has 3 aromatic rings. The number of benzene rings is 3. The van der Waals surface area contributed by atoms with E-state index < -0.39 is 6.04 Å². The van der Waals surface area contributed by atoms with Gasteiger partial charge in [-0.2, -0.15) is 0 Å². The third-order valence-electron chi connectivity index (χ3n) is 4.87. The van der Waals surface area contributed by atoms with Gasteiger partial charge in [-0.1, -0.05) is 72.4 Å². The lowest BCUT2D eigenvalue weighted by Gasteiger charge is -2.26. The van der Waals surface area contributed by atoms with Crippen molar-refractivity contribution < 1.29 is 9.18 Å². The summed E-state index contributed by atoms with van der Waals surface area (Å²) in [6.45, 7) is 1.88. The summed E-state index contributed by atoms with van der Waals surface area (Å²) in [5, 5.41) is 6.92. The minimum atomic E-state index is -0.429. The Morgan fingerprint density at radius 1 is 1.03 bits per heavy atom. The highest BCUT2D eigenvalue weighted by Gasteiger charge is 2.29. The zero-order valence-corrected chi connectivity index (χ0v) is 17.8. The van der Waals surface area contributed by atoms with Gasteiger partial charge in [0.2, 0.25) is 0 Å². The summed E-state index contributed by atoms with van der Waals surface area (Å²) in [7, 11) is 0. The largest absolute Gasteiger partial charge is 0.338 e. The molecule has 1 aliphatic rings. The minimum absolute atomic E-state index is 0.192. The number of thioether (sulfide) groups is 1. The number of anilines is 1. The van der Waals surface area contributed by atoms with Crippen molar-refractivity contribution in [2.75, 3.05) is 5.32 Å². The first kappa shape index (κ1) is 20.9. The molecule has 0 radical (unpaired) electrons. The molecule has 6 heteroatoms. The lowest BCUT2D eigenvalue weighted by molar-refractivity contribution is -0.113. The third-order valence-corrected chi connectivity index (χ3v) is 5.83. The number of carbonyl (C=O) groups is 1. The monoisotopic (exact) mass is 431 g/mol. The van der Waals surface area contributed by atoms with Crippen LogP contribution in [0.1, 0.15) is 24.1 Å². The van der Waals surface area contributed by atoms with Gasteiger partial charge in [0.05, 0.1) is 5.57 Å². The molecule has 31 heavy (non-hydrogen) atoms. The van der Waals surface area contributed by atoms with Gasteiger partial charge in [0, 0.05) is 17.1 Å². The molecule has 0 spiro atoms. The number of amidine groups is 1. The van der Waals surface area contributed by atoms with Crippen molar-refractivity contribution >= 4 is 28.5 Å². The van der Waals surface area contributed by atoms with E-state index in [1.165, 1.54) is 23.9 Å². The molecule has 0 bridgehead atoms. The highest BCUT2D eigenvalue weighted by molar-refractivity contribution is 8.13. The Kier molecular flexibility index (Phi) is 6.48. The summed E-state index contributed by atoms with van der Waals surface area (Å²) >= 11 is 1.49. The second kappa shape index (κ2) is 9.62. The van der Waals surface area contributed by atoms with Crippen LogP contribution < -0.4 is 10.6 Å². The predicted octanol–water partition coefficient (Wildman–Crippen LogP) is 5.67. The summed E-state index contributed by atoms with van der Waals surface area (Å²) in [4.78, 5) is 18.0. The van der Waals surface area contributed by atoms with Crippen molar-refractivity contribution in [2.24, 2.45) is 4.99 Å². The molecule has 0 saturated heterocycles. The number of halogens is 1. The maximum Gasteiger partial charge on any atom is 0.255 e. The maximum atomic E-state index is 13.5. The number of allylic oxidation sites excluding steroid dienone is 1. The van der Waals surface area contributed by atoms with Crippen LogP contribution in [0.25, 0.3) is 0 Å². The normalized spacial score (nSPS) is 15.8. The number of hydrogen-bond donors (Lipinski definition) is 2. The Morgan fingerprint density at radius 3 is 2.45 bits per heavy atom. The van der Waals surface area contributed by atoms with Crippen molar-refractivity contribution in [1.29, 1.82) is 0 Å². The lowest BCUT2D eigenvalue weighted by Crippen LogP contribution is -2.32. The molecule has 0 saturated carbocycles. The van der Waals surface area contributed by atoms with Crippen molar-refractivity contribution in [2.45, 2.75) is 18.7 Å². The summed E-state index contributed by atoms with van der Waals surface area (Å²) in [6.07, 6.45) is 0. The van der Waals surface area contributed by atoms with Crippen molar-refractivity contribution in [3.63, 3.8) is 0 Å². The fraction of sp³-hybridized carbons (Fsp3) is 0.120. The van der Waals surface area contributed by atoms with E-state index >= 15 is 0 Å². The molecule has 0 aromatic heterocycles. The SMILES string of the molecule is CC1=C(C(=O)Nc2ccccc2)[C@H](c2ccccc2)N=C(SCc2cccc(F)c2)N1. The molecular formula is C25H22FN3OS. The topological polar surface area (TPSA) is 53.5 Å². The van der Waals surface area contributed by atoms with Crippen LogP contribution in [0.4, 0.5) is 10.1 Å². The van der Waals surface area contributed by atoms with E-state index in [9.17, 15) is 9.18 Å². The van der Waals surface area contributed by atoms with Crippen LogP contribution >= 0.6 is 11.8 Å². The number of rotatable bonds is 5. The number of para-hydroxylation sites is 1. The van der Waals surface area contributed by atoms with E-state index in [1.54, 1.807) is 6.07 Å². The van der Waals surface area contributed by atoms with Crippen LogP contribution in [-0.2, 0) is 10.5 Å². The van der Waals surface area contributed by atoms with E-state index in [-0.39, 0.29) is 11.7 Å². The first-order valence-electron chi connectivity index (χ1n) is 9.94. The Bertz CT molecular complexity index is 1130. The van der Waals surface area contributed by atoms with Crippen LogP contribution in [0.2, 0.25) is 0 Å². The van der Waals surface area contributed by atoms with Crippen LogP contribution in [-0.4, -0.2) is 11.1 Å². The summed E-state index contributed by atoms with van der Waals surface area (Å²) in [6, 6.07) is 25.2. The number of carbonyl (C=O) groups excluding carboxylic acids is 1. The lowest BCUT2D eigenvalue weighted by atomic mass is 9.96. The van der Waals surface area contributed by atoms with E-state index in [0.29, 0.717) is 16.5 Å². The van der Waals surface area contributed by atoms with Gasteiger partial charge in [0.15, 0.2) is 5.17 Å². The van der Waals surface area contributed by atoms with Crippen molar-refractivity contribution in [3.05, 3.63) is 113 Å². The second-order valence-electron chi connectivity index (χ2n) is 7.15. The maximum absolute atomic E-state index is 13.5. The summed E-state index contributed by atoms with van der Waals surface area (Å²) < 4.78 is 13.5. The van der Waals surface area contributed by atoms with Crippen LogP contribution in [0.5, 0.6) is 0 Å². The molecule has 0 unspecified atom stereocenters. The van der Waals surface area contributed by atoms with Gasteiger partial charge < -0.3 is 10.6 Å². The molecule has 0 fully saturated rings. The van der Waals surface area contributed by atoms with E-state index in [1.807, 2.05) is 73.7 Å². The first-order valence-corrected chi connectivity index (χ1v) is 10.9. The van der Waals surface area contributed by atoms with Gasteiger partial charge >= 0.3 is 0 Å². The van der Waals surface area contributed by atoms with Crippen molar-refractivity contribution in [1.82, 2.24) is 5.32 Å². The van der Waals surface area contributed by atoms with E-state index in [0.717, 1.165) is 22.5 Å². The van der Waals surface area contributed by atoms with Crippen LogP contribution in [0.3, 0.4) is 0 Å². The molecular weight excluding hydrogens is 409 g/mol. The van der Waals surface area contributed by atoms with Gasteiger partial charge in [0.25, 0.3) is 5.91 Å². The van der Waals surface area contributed by atoms with Crippen LogP contribution in [0.15, 0.2) is 101 Å². The quantitative estimate of drug-likeness (QED) is 0.547. The molecule has 1 heterocycles. The second-order valence-corrected chi connectivity index (χ2v) is 8.11. The van der Waals surface area contributed by atoms with Gasteiger partial charge in [-0.05, 0) is 42.3 Å². The predicted molar refractivity (Wildman–Crippen MR) is 125 cm³/mol. The molecule has 3 aromatic carbocycles. The molecule has 4 nitrogen and oxygen atoms in total. The summed E-state index contributed by atoms with van der Waals surface area (Å²) in [5.74, 6) is 0.127. The average Bonchev–Trinajstić information content (AvgIpc) is 2.78. The molecule has 0 aliphatic carbocycles. The minimum Gasteiger partial charge on any atom is -0.338 e. The number of hydrogen-bond acceptors (Lipinski definition) is 4. The Morgan fingerprint density at radius 2 is 1.74 bits per heavy atom.